The van der Waals surface area contributed by atoms with Crippen LogP contribution in [0.2, 0.25) is 0 Å². The van der Waals surface area contributed by atoms with Crippen LogP contribution in [0.3, 0.4) is 0 Å². The van der Waals surface area contributed by atoms with Gasteiger partial charge in [0.15, 0.2) is 5.82 Å². The van der Waals surface area contributed by atoms with E-state index in [4.69, 9.17) is 4.52 Å². The molecule has 1 aliphatic heterocycles. The van der Waals surface area contributed by atoms with Crippen LogP contribution in [0.25, 0.3) is 0 Å². The van der Waals surface area contributed by atoms with Crippen molar-refractivity contribution < 1.29 is 14.4 Å². The second kappa shape index (κ2) is 5.20. The van der Waals surface area contributed by atoms with Gasteiger partial charge in [-0.25, -0.2) is 4.79 Å². The Bertz CT molecular complexity index is 666. The van der Waals surface area contributed by atoms with Crippen molar-refractivity contribution in [2.75, 3.05) is 4.90 Å². The van der Waals surface area contributed by atoms with E-state index in [1.807, 2.05) is 43.0 Å². The number of rotatable bonds is 4. The largest absolute Gasteiger partial charge is 0.480 e. The molecule has 1 N–H and O–H groups in total. The smallest absolute Gasteiger partial charge is 0.326 e. The zero-order valence-electron chi connectivity index (χ0n) is 12.0. The number of benzene rings is 1. The highest BCUT2D eigenvalue weighted by Crippen LogP contribution is 2.33. The molecule has 110 valence electrons. The Morgan fingerprint density at radius 2 is 2.24 bits per heavy atom. The molecule has 0 bridgehead atoms. The van der Waals surface area contributed by atoms with Crippen molar-refractivity contribution in [1.29, 1.82) is 0 Å². The maximum Gasteiger partial charge on any atom is 0.326 e. The van der Waals surface area contributed by atoms with Gasteiger partial charge in [-0.3, -0.25) is 0 Å². The monoisotopic (exact) mass is 287 g/mol. The van der Waals surface area contributed by atoms with Crippen molar-refractivity contribution in [3.05, 3.63) is 41.5 Å². The fourth-order valence-electron chi connectivity index (χ4n) is 2.58. The Hall–Kier alpha value is -2.37. The molecule has 1 atom stereocenters. The summed E-state index contributed by atoms with van der Waals surface area (Å²) >= 11 is 0. The number of hydrogen-bond donors (Lipinski definition) is 1. The van der Waals surface area contributed by atoms with Gasteiger partial charge in [0.25, 0.3) is 0 Å². The van der Waals surface area contributed by atoms with Crippen LogP contribution in [0, 0.1) is 0 Å². The first kappa shape index (κ1) is 13.6. The lowest BCUT2D eigenvalue weighted by Gasteiger charge is -2.22. The number of hydrogen-bond acceptors (Lipinski definition) is 5. The lowest BCUT2D eigenvalue weighted by atomic mass is 10.1. The van der Waals surface area contributed by atoms with Gasteiger partial charge in [-0.15, -0.1) is 0 Å². The van der Waals surface area contributed by atoms with E-state index in [9.17, 15) is 9.90 Å². The van der Waals surface area contributed by atoms with Gasteiger partial charge in [0.1, 0.15) is 6.04 Å². The molecule has 6 nitrogen and oxygen atoms in total. The number of fused-ring (bicyclic) bond motifs is 1. The van der Waals surface area contributed by atoms with Crippen LogP contribution >= 0.6 is 0 Å². The third kappa shape index (κ3) is 2.49. The molecule has 0 radical (unpaired) electrons. The molecule has 1 aromatic heterocycles. The summed E-state index contributed by atoms with van der Waals surface area (Å²) in [6.07, 6.45) is 0.497. The first-order valence-electron chi connectivity index (χ1n) is 6.96. The first-order valence-corrected chi connectivity index (χ1v) is 6.96. The number of carbonyl (C=O) groups is 1. The van der Waals surface area contributed by atoms with Crippen molar-refractivity contribution in [3.8, 4) is 0 Å². The Morgan fingerprint density at radius 3 is 2.90 bits per heavy atom. The number of para-hydroxylation sites is 1. The van der Waals surface area contributed by atoms with E-state index < -0.39 is 12.0 Å². The molecule has 0 amide bonds. The minimum atomic E-state index is -0.838. The van der Waals surface area contributed by atoms with E-state index in [0.717, 1.165) is 11.3 Å². The van der Waals surface area contributed by atoms with Gasteiger partial charge in [0, 0.05) is 18.0 Å². The molecule has 1 aliphatic rings. The average molecular weight is 287 g/mol. The summed E-state index contributed by atoms with van der Waals surface area (Å²) < 4.78 is 5.24. The van der Waals surface area contributed by atoms with Gasteiger partial charge < -0.3 is 14.5 Å². The maximum atomic E-state index is 11.5. The second-order valence-electron chi connectivity index (χ2n) is 5.52. The van der Waals surface area contributed by atoms with E-state index in [1.165, 1.54) is 0 Å². The molecular weight excluding hydrogens is 270 g/mol. The number of anilines is 1. The fraction of sp³-hybridized carbons (Fsp3) is 0.400. The van der Waals surface area contributed by atoms with E-state index >= 15 is 0 Å². The highest BCUT2D eigenvalue weighted by Gasteiger charge is 2.35. The van der Waals surface area contributed by atoms with Crippen molar-refractivity contribution in [3.63, 3.8) is 0 Å². The zero-order chi connectivity index (χ0) is 15.0. The molecule has 0 saturated heterocycles. The summed E-state index contributed by atoms with van der Waals surface area (Å²) in [5.74, 6) is 0.435. The topological polar surface area (TPSA) is 79.5 Å². The molecule has 0 spiro atoms. The minimum Gasteiger partial charge on any atom is -0.480 e. The Kier molecular flexibility index (Phi) is 3.37. The number of aliphatic carboxylic acids is 1. The highest BCUT2D eigenvalue weighted by atomic mass is 16.5. The van der Waals surface area contributed by atoms with Crippen LogP contribution in [0.5, 0.6) is 0 Å². The van der Waals surface area contributed by atoms with Gasteiger partial charge >= 0.3 is 5.97 Å². The quantitative estimate of drug-likeness (QED) is 0.928. The summed E-state index contributed by atoms with van der Waals surface area (Å²) in [6.45, 7) is 4.29. The van der Waals surface area contributed by atoms with Crippen molar-refractivity contribution in [2.45, 2.75) is 38.8 Å². The molecular formula is C15H17N3O3. The van der Waals surface area contributed by atoms with Gasteiger partial charge in [-0.05, 0) is 11.6 Å². The molecule has 6 heteroatoms. The van der Waals surface area contributed by atoms with Crippen LogP contribution in [0.1, 0.15) is 37.0 Å². The van der Waals surface area contributed by atoms with Crippen LogP contribution in [-0.4, -0.2) is 27.3 Å². The molecule has 1 unspecified atom stereocenters. The van der Waals surface area contributed by atoms with Crippen LogP contribution < -0.4 is 4.90 Å². The van der Waals surface area contributed by atoms with Gasteiger partial charge in [0.05, 0.1) is 6.54 Å². The van der Waals surface area contributed by atoms with E-state index in [-0.39, 0.29) is 5.92 Å². The summed E-state index contributed by atoms with van der Waals surface area (Å²) in [7, 11) is 0. The van der Waals surface area contributed by atoms with Gasteiger partial charge in [0.2, 0.25) is 5.89 Å². The number of carboxylic acid groups (broad SMARTS) is 1. The van der Waals surface area contributed by atoms with Crippen LogP contribution in [0.4, 0.5) is 5.69 Å². The lowest BCUT2D eigenvalue weighted by molar-refractivity contribution is -0.138. The summed E-state index contributed by atoms with van der Waals surface area (Å²) in [4.78, 5) is 17.6. The summed E-state index contributed by atoms with van der Waals surface area (Å²) in [6, 6.07) is 7.13. The zero-order valence-corrected chi connectivity index (χ0v) is 12.0. The van der Waals surface area contributed by atoms with E-state index in [1.54, 1.807) is 0 Å². The van der Waals surface area contributed by atoms with Crippen molar-refractivity contribution in [1.82, 2.24) is 10.1 Å². The van der Waals surface area contributed by atoms with E-state index in [2.05, 4.69) is 10.1 Å². The Balaban J connectivity index is 1.89. The number of nitrogens with zero attached hydrogens (tertiary/aromatic N) is 3. The lowest BCUT2D eigenvalue weighted by Crippen LogP contribution is -2.38. The molecule has 3 rings (SSSR count). The summed E-state index contributed by atoms with van der Waals surface area (Å²) in [5, 5.41) is 13.3. The SMILES string of the molecule is CC(C)c1noc(CN2c3ccccc3CC2C(=O)O)n1. The molecule has 21 heavy (non-hydrogen) atoms. The molecule has 1 aromatic carbocycles. The third-order valence-electron chi connectivity index (χ3n) is 3.68. The summed E-state index contributed by atoms with van der Waals surface area (Å²) in [5.41, 5.74) is 1.96. The normalized spacial score (nSPS) is 17.3. The first-order chi connectivity index (χ1) is 10.1. The maximum absolute atomic E-state index is 11.5. The Labute approximate surface area is 122 Å². The molecule has 0 fully saturated rings. The van der Waals surface area contributed by atoms with Gasteiger partial charge in [-0.1, -0.05) is 37.2 Å². The molecule has 0 aliphatic carbocycles. The van der Waals surface area contributed by atoms with Crippen LogP contribution in [0.15, 0.2) is 28.8 Å². The third-order valence-corrected chi connectivity index (χ3v) is 3.68. The second-order valence-corrected chi connectivity index (χ2v) is 5.52. The number of aromatic nitrogens is 2. The predicted octanol–water partition coefficient (Wildman–Crippen LogP) is 2.21. The van der Waals surface area contributed by atoms with Crippen molar-refractivity contribution >= 4 is 11.7 Å². The predicted molar refractivity (Wildman–Crippen MR) is 76.1 cm³/mol. The van der Waals surface area contributed by atoms with Gasteiger partial charge in [-0.2, -0.15) is 4.98 Å². The minimum absolute atomic E-state index is 0.184. The fourth-order valence-corrected chi connectivity index (χ4v) is 2.58. The standard InChI is InChI=1S/C15H17N3O3/c1-9(2)14-16-13(21-17-14)8-18-11-6-4-3-5-10(11)7-12(18)15(19)20/h3-6,9,12H,7-8H2,1-2H3,(H,19,20). The number of carboxylic acids is 1. The van der Waals surface area contributed by atoms with Crippen LogP contribution in [-0.2, 0) is 17.8 Å². The molecule has 0 saturated carbocycles. The average Bonchev–Trinajstić information content (AvgIpc) is 3.05. The highest BCUT2D eigenvalue weighted by molar-refractivity contribution is 5.82. The van der Waals surface area contributed by atoms with Crippen molar-refractivity contribution in [2.24, 2.45) is 0 Å². The Morgan fingerprint density at radius 1 is 1.48 bits per heavy atom. The molecule has 2 aromatic rings. The van der Waals surface area contributed by atoms with E-state index in [0.29, 0.717) is 24.7 Å². The molecule has 2 heterocycles.